The molecule has 0 bridgehead atoms. The van der Waals surface area contributed by atoms with Gasteiger partial charge in [-0.05, 0) is 31.5 Å². The summed E-state index contributed by atoms with van der Waals surface area (Å²) < 4.78 is 2.23. The number of imidazole rings is 1. The van der Waals surface area contributed by atoms with E-state index in [1.54, 1.807) is 7.05 Å². The number of nitrogens with zero attached hydrogens (tertiary/aromatic N) is 3. The molecule has 0 aliphatic heterocycles. The standard InChI is InChI=1S/C20H25N5/c1-15(17-9-5-4-6-10-17)23-20(21-3)22-13-14-25-16(2)24-18-11-7-8-12-19(18)25/h4-12,15H,13-14H2,1-3H3,(H2,21,22,23). The molecular formula is C20H25N5. The van der Waals surface area contributed by atoms with Crippen molar-refractivity contribution in [2.75, 3.05) is 13.6 Å². The maximum Gasteiger partial charge on any atom is 0.191 e. The molecule has 0 aliphatic carbocycles. The fraction of sp³-hybridized carbons (Fsp3) is 0.300. The van der Waals surface area contributed by atoms with Crippen molar-refractivity contribution in [3.63, 3.8) is 0 Å². The lowest BCUT2D eigenvalue weighted by atomic mass is 10.1. The van der Waals surface area contributed by atoms with Crippen LogP contribution in [0.2, 0.25) is 0 Å². The molecule has 5 nitrogen and oxygen atoms in total. The quantitative estimate of drug-likeness (QED) is 0.556. The summed E-state index contributed by atoms with van der Waals surface area (Å²) in [7, 11) is 1.80. The normalized spacial score (nSPS) is 13.0. The van der Waals surface area contributed by atoms with E-state index >= 15 is 0 Å². The molecule has 0 radical (unpaired) electrons. The zero-order chi connectivity index (χ0) is 17.6. The fourth-order valence-electron chi connectivity index (χ4n) is 2.99. The van der Waals surface area contributed by atoms with Crippen LogP contribution in [-0.4, -0.2) is 29.1 Å². The van der Waals surface area contributed by atoms with Crippen molar-refractivity contribution in [3.8, 4) is 0 Å². The summed E-state index contributed by atoms with van der Waals surface area (Å²) in [6, 6.07) is 18.8. The van der Waals surface area contributed by atoms with E-state index in [2.05, 4.69) is 68.5 Å². The second-order valence-corrected chi connectivity index (χ2v) is 6.08. The van der Waals surface area contributed by atoms with Crippen LogP contribution in [0.1, 0.15) is 24.4 Å². The molecule has 0 saturated carbocycles. The van der Waals surface area contributed by atoms with Crippen molar-refractivity contribution in [1.29, 1.82) is 0 Å². The molecule has 0 amide bonds. The van der Waals surface area contributed by atoms with E-state index in [-0.39, 0.29) is 6.04 Å². The van der Waals surface area contributed by atoms with E-state index in [0.29, 0.717) is 0 Å². The summed E-state index contributed by atoms with van der Waals surface area (Å²) in [5, 5.41) is 6.82. The number of fused-ring (bicyclic) bond motifs is 1. The highest BCUT2D eigenvalue weighted by atomic mass is 15.2. The highest BCUT2D eigenvalue weighted by Crippen LogP contribution is 2.15. The largest absolute Gasteiger partial charge is 0.355 e. The van der Waals surface area contributed by atoms with Crippen molar-refractivity contribution in [2.24, 2.45) is 4.99 Å². The first-order valence-electron chi connectivity index (χ1n) is 8.63. The predicted octanol–water partition coefficient (Wildman–Crippen LogP) is 3.27. The lowest BCUT2D eigenvalue weighted by Crippen LogP contribution is -2.40. The minimum Gasteiger partial charge on any atom is -0.355 e. The van der Waals surface area contributed by atoms with Gasteiger partial charge in [0.05, 0.1) is 17.1 Å². The molecule has 2 N–H and O–H groups in total. The van der Waals surface area contributed by atoms with Gasteiger partial charge in [0.15, 0.2) is 5.96 Å². The Labute approximate surface area is 148 Å². The van der Waals surface area contributed by atoms with Gasteiger partial charge in [0.25, 0.3) is 0 Å². The first-order chi connectivity index (χ1) is 12.2. The Morgan fingerprint density at radius 1 is 1.12 bits per heavy atom. The summed E-state index contributed by atoms with van der Waals surface area (Å²) in [6.45, 7) is 5.80. The van der Waals surface area contributed by atoms with E-state index in [0.717, 1.165) is 30.4 Å². The molecule has 3 aromatic rings. The Morgan fingerprint density at radius 2 is 1.84 bits per heavy atom. The van der Waals surface area contributed by atoms with Crippen LogP contribution in [0.25, 0.3) is 11.0 Å². The molecule has 0 aliphatic rings. The van der Waals surface area contributed by atoms with E-state index < -0.39 is 0 Å². The van der Waals surface area contributed by atoms with Crippen LogP contribution in [0.15, 0.2) is 59.6 Å². The number of benzene rings is 2. The molecule has 1 unspecified atom stereocenters. The molecule has 3 rings (SSSR count). The zero-order valence-corrected chi connectivity index (χ0v) is 15.0. The summed E-state index contributed by atoms with van der Waals surface area (Å²) in [5.74, 6) is 1.84. The number of para-hydroxylation sites is 2. The number of aliphatic imine (C=N–C) groups is 1. The Bertz CT molecular complexity index is 851. The number of hydrogen-bond acceptors (Lipinski definition) is 2. The molecule has 130 valence electrons. The molecule has 0 fully saturated rings. The highest BCUT2D eigenvalue weighted by molar-refractivity contribution is 5.80. The number of aromatic nitrogens is 2. The second-order valence-electron chi connectivity index (χ2n) is 6.08. The Morgan fingerprint density at radius 3 is 2.60 bits per heavy atom. The van der Waals surface area contributed by atoms with Gasteiger partial charge in [-0.3, -0.25) is 4.99 Å². The van der Waals surface area contributed by atoms with Crippen LogP contribution in [0.5, 0.6) is 0 Å². The molecular weight excluding hydrogens is 310 g/mol. The Hall–Kier alpha value is -2.82. The number of hydrogen-bond donors (Lipinski definition) is 2. The fourth-order valence-corrected chi connectivity index (χ4v) is 2.99. The van der Waals surface area contributed by atoms with Gasteiger partial charge in [-0.25, -0.2) is 4.98 Å². The van der Waals surface area contributed by atoms with Gasteiger partial charge in [0, 0.05) is 20.1 Å². The third-order valence-corrected chi connectivity index (χ3v) is 4.35. The SMILES string of the molecule is CN=C(NCCn1c(C)nc2ccccc21)NC(C)c1ccccc1. The van der Waals surface area contributed by atoms with Gasteiger partial charge in [-0.15, -0.1) is 0 Å². The minimum absolute atomic E-state index is 0.197. The highest BCUT2D eigenvalue weighted by Gasteiger charge is 2.09. The molecule has 0 spiro atoms. The van der Waals surface area contributed by atoms with Crippen molar-refractivity contribution in [1.82, 2.24) is 20.2 Å². The lowest BCUT2D eigenvalue weighted by Gasteiger charge is -2.18. The molecule has 1 heterocycles. The molecule has 5 heteroatoms. The Kier molecular flexibility index (Phi) is 5.33. The van der Waals surface area contributed by atoms with E-state index in [1.807, 2.05) is 25.1 Å². The van der Waals surface area contributed by atoms with Crippen molar-refractivity contribution >= 4 is 17.0 Å². The third kappa shape index (κ3) is 3.99. The summed E-state index contributed by atoms with van der Waals surface area (Å²) in [4.78, 5) is 8.94. The van der Waals surface area contributed by atoms with E-state index in [1.165, 1.54) is 11.1 Å². The summed E-state index contributed by atoms with van der Waals surface area (Å²) in [6.07, 6.45) is 0. The predicted molar refractivity (Wildman–Crippen MR) is 104 cm³/mol. The minimum atomic E-state index is 0.197. The van der Waals surface area contributed by atoms with Crippen LogP contribution >= 0.6 is 0 Å². The van der Waals surface area contributed by atoms with Gasteiger partial charge < -0.3 is 15.2 Å². The molecule has 1 aromatic heterocycles. The van der Waals surface area contributed by atoms with Gasteiger partial charge in [0.1, 0.15) is 5.82 Å². The first kappa shape index (κ1) is 17.0. The van der Waals surface area contributed by atoms with Crippen molar-refractivity contribution in [3.05, 3.63) is 66.0 Å². The van der Waals surface area contributed by atoms with Crippen LogP contribution in [0, 0.1) is 6.92 Å². The third-order valence-electron chi connectivity index (χ3n) is 4.35. The topological polar surface area (TPSA) is 54.2 Å². The van der Waals surface area contributed by atoms with Gasteiger partial charge in [-0.1, -0.05) is 42.5 Å². The van der Waals surface area contributed by atoms with E-state index in [9.17, 15) is 0 Å². The van der Waals surface area contributed by atoms with Crippen LogP contribution in [0.4, 0.5) is 0 Å². The maximum absolute atomic E-state index is 4.61. The number of nitrogens with one attached hydrogen (secondary N) is 2. The van der Waals surface area contributed by atoms with Crippen molar-refractivity contribution in [2.45, 2.75) is 26.4 Å². The molecule has 25 heavy (non-hydrogen) atoms. The first-order valence-corrected chi connectivity index (χ1v) is 8.63. The number of guanidine groups is 1. The number of rotatable bonds is 5. The molecule has 0 saturated heterocycles. The van der Waals surface area contributed by atoms with Gasteiger partial charge in [-0.2, -0.15) is 0 Å². The summed E-state index contributed by atoms with van der Waals surface area (Å²) >= 11 is 0. The molecule has 1 atom stereocenters. The van der Waals surface area contributed by atoms with Crippen LogP contribution in [0.3, 0.4) is 0 Å². The van der Waals surface area contributed by atoms with E-state index in [4.69, 9.17) is 0 Å². The van der Waals surface area contributed by atoms with Crippen LogP contribution in [-0.2, 0) is 6.54 Å². The summed E-state index contributed by atoms with van der Waals surface area (Å²) in [5.41, 5.74) is 3.45. The average molecular weight is 335 g/mol. The zero-order valence-electron chi connectivity index (χ0n) is 15.0. The van der Waals surface area contributed by atoms with Crippen molar-refractivity contribution < 1.29 is 0 Å². The molecule has 2 aromatic carbocycles. The lowest BCUT2D eigenvalue weighted by molar-refractivity contribution is 0.640. The van der Waals surface area contributed by atoms with Gasteiger partial charge >= 0.3 is 0 Å². The second kappa shape index (κ2) is 7.83. The van der Waals surface area contributed by atoms with Gasteiger partial charge in [0.2, 0.25) is 0 Å². The average Bonchev–Trinajstić information content (AvgIpc) is 2.97. The Balaban J connectivity index is 1.59. The maximum atomic E-state index is 4.61. The monoisotopic (exact) mass is 335 g/mol. The smallest absolute Gasteiger partial charge is 0.191 e. The number of aryl methyl sites for hydroxylation is 1. The van der Waals surface area contributed by atoms with Crippen LogP contribution < -0.4 is 10.6 Å².